The van der Waals surface area contributed by atoms with Crippen LogP contribution in [0, 0.1) is 0 Å². The fourth-order valence-corrected chi connectivity index (χ4v) is 2.10. The molecule has 1 unspecified atom stereocenters. The second kappa shape index (κ2) is 5.99. The topological polar surface area (TPSA) is 82.9 Å². The number of hydrogen-bond acceptors (Lipinski definition) is 5. The lowest BCUT2D eigenvalue weighted by Gasteiger charge is -2.29. The number of rotatable bonds is 5. The van der Waals surface area contributed by atoms with Gasteiger partial charge in [-0.2, -0.15) is 4.98 Å². The molecule has 1 amide bonds. The predicted molar refractivity (Wildman–Crippen MR) is 69.2 cm³/mol. The van der Waals surface area contributed by atoms with Crippen molar-refractivity contribution in [2.75, 3.05) is 25.2 Å². The maximum atomic E-state index is 12.0. The molecule has 1 aliphatic heterocycles. The number of aryl methyl sites for hydroxylation is 1. The first-order chi connectivity index (χ1) is 9.15. The summed E-state index contributed by atoms with van der Waals surface area (Å²) in [6.07, 6.45) is 0.616. The molecule has 6 heteroatoms. The highest BCUT2D eigenvalue weighted by Gasteiger charge is 2.26. The molecule has 1 aromatic heterocycles. The first kappa shape index (κ1) is 13.8. The first-order valence-corrected chi connectivity index (χ1v) is 6.29. The van der Waals surface area contributed by atoms with Gasteiger partial charge in [0.1, 0.15) is 5.82 Å². The van der Waals surface area contributed by atoms with Gasteiger partial charge in [-0.3, -0.25) is 9.69 Å². The Morgan fingerprint density at radius 3 is 2.95 bits per heavy atom. The zero-order valence-electron chi connectivity index (χ0n) is 10.9. The number of anilines is 1. The van der Waals surface area contributed by atoms with Crippen LogP contribution in [0.1, 0.15) is 18.4 Å². The van der Waals surface area contributed by atoms with Crippen molar-refractivity contribution in [2.45, 2.75) is 25.4 Å². The zero-order chi connectivity index (χ0) is 13.8. The Bertz CT molecular complexity index is 464. The zero-order valence-corrected chi connectivity index (χ0v) is 10.9. The predicted octanol–water partition coefficient (Wildman–Crippen LogP) is 0.113. The van der Waals surface area contributed by atoms with Crippen LogP contribution in [0.25, 0.3) is 0 Å². The Morgan fingerprint density at radius 1 is 1.47 bits per heavy atom. The van der Waals surface area contributed by atoms with E-state index in [1.807, 2.05) is 6.07 Å². The molecule has 1 atom stereocenters. The second-order valence-corrected chi connectivity index (χ2v) is 4.51. The van der Waals surface area contributed by atoms with Crippen LogP contribution in [-0.4, -0.2) is 47.5 Å². The number of hydrogen-bond donors (Lipinski definition) is 2. The highest BCUT2D eigenvalue weighted by Crippen LogP contribution is 2.28. The molecule has 2 N–H and O–H groups in total. The maximum Gasteiger partial charge on any atom is 0.228 e. The van der Waals surface area contributed by atoms with E-state index < -0.39 is 6.10 Å². The highest BCUT2D eigenvalue weighted by atomic mass is 16.5. The van der Waals surface area contributed by atoms with Crippen molar-refractivity contribution in [1.29, 1.82) is 0 Å². The number of methoxy groups -OCH3 is 1. The SMILES string of the molecule is COc1ccc2c(n1)N(CCC(O)CO)C(=O)CC2. The normalized spacial score (nSPS) is 16.2. The van der Waals surface area contributed by atoms with Gasteiger partial charge in [-0.1, -0.05) is 0 Å². The van der Waals surface area contributed by atoms with Crippen molar-refractivity contribution in [3.05, 3.63) is 17.7 Å². The minimum atomic E-state index is -0.816. The summed E-state index contributed by atoms with van der Waals surface area (Å²) in [5.74, 6) is 1.04. The molecule has 0 saturated carbocycles. The van der Waals surface area contributed by atoms with Crippen molar-refractivity contribution in [1.82, 2.24) is 4.98 Å². The number of amides is 1. The minimum absolute atomic E-state index is 0.0154. The Morgan fingerprint density at radius 2 is 2.26 bits per heavy atom. The fourth-order valence-electron chi connectivity index (χ4n) is 2.10. The summed E-state index contributed by atoms with van der Waals surface area (Å²) in [5, 5.41) is 18.2. The van der Waals surface area contributed by atoms with Crippen LogP contribution < -0.4 is 9.64 Å². The van der Waals surface area contributed by atoms with Crippen molar-refractivity contribution in [3.63, 3.8) is 0 Å². The number of nitrogens with zero attached hydrogens (tertiary/aromatic N) is 2. The molecule has 0 aliphatic carbocycles. The molecular weight excluding hydrogens is 248 g/mol. The average Bonchev–Trinajstić information content (AvgIpc) is 2.45. The van der Waals surface area contributed by atoms with Crippen LogP contribution in [0.5, 0.6) is 5.88 Å². The quantitative estimate of drug-likeness (QED) is 0.790. The van der Waals surface area contributed by atoms with E-state index in [0.717, 1.165) is 5.56 Å². The summed E-state index contributed by atoms with van der Waals surface area (Å²) >= 11 is 0. The van der Waals surface area contributed by atoms with Crippen molar-refractivity contribution >= 4 is 11.7 Å². The van der Waals surface area contributed by atoms with Gasteiger partial charge in [-0.05, 0) is 24.5 Å². The van der Waals surface area contributed by atoms with Gasteiger partial charge >= 0.3 is 0 Å². The van der Waals surface area contributed by atoms with E-state index >= 15 is 0 Å². The molecule has 6 nitrogen and oxygen atoms in total. The lowest BCUT2D eigenvalue weighted by Crippen LogP contribution is -2.38. The van der Waals surface area contributed by atoms with Crippen LogP contribution in [0.2, 0.25) is 0 Å². The molecule has 104 valence electrons. The summed E-state index contributed by atoms with van der Waals surface area (Å²) < 4.78 is 5.07. The van der Waals surface area contributed by atoms with Gasteiger partial charge in [0, 0.05) is 19.0 Å². The minimum Gasteiger partial charge on any atom is -0.481 e. The molecule has 1 aromatic rings. The summed E-state index contributed by atoms with van der Waals surface area (Å²) in [4.78, 5) is 17.8. The van der Waals surface area contributed by atoms with Crippen molar-refractivity contribution in [2.24, 2.45) is 0 Å². The molecule has 0 aromatic carbocycles. The molecule has 2 heterocycles. The van der Waals surface area contributed by atoms with Crippen LogP contribution >= 0.6 is 0 Å². The van der Waals surface area contributed by atoms with Gasteiger partial charge in [0.05, 0.1) is 19.8 Å². The number of aliphatic hydroxyl groups is 2. The Kier molecular flexibility index (Phi) is 4.34. The van der Waals surface area contributed by atoms with Crippen molar-refractivity contribution < 1.29 is 19.7 Å². The molecule has 0 fully saturated rings. The third-order valence-electron chi connectivity index (χ3n) is 3.20. The van der Waals surface area contributed by atoms with Gasteiger partial charge in [-0.15, -0.1) is 0 Å². The smallest absolute Gasteiger partial charge is 0.228 e. The Balaban J connectivity index is 2.21. The number of pyridine rings is 1. The monoisotopic (exact) mass is 266 g/mol. The standard InChI is InChI=1S/C13H18N2O4/c1-19-11-4-2-9-3-5-12(18)15(13(9)14-11)7-6-10(17)8-16/h2,4,10,16-17H,3,5-8H2,1H3. The van der Waals surface area contributed by atoms with E-state index in [2.05, 4.69) is 4.98 Å². The highest BCUT2D eigenvalue weighted by molar-refractivity contribution is 5.95. The maximum absolute atomic E-state index is 12.0. The average molecular weight is 266 g/mol. The number of aromatic nitrogens is 1. The van der Waals surface area contributed by atoms with Gasteiger partial charge in [0.15, 0.2) is 0 Å². The summed E-state index contributed by atoms with van der Waals surface area (Å²) in [7, 11) is 1.53. The summed E-state index contributed by atoms with van der Waals surface area (Å²) in [6.45, 7) is 0.0359. The fraction of sp³-hybridized carbons (Fsp3) is 0.538. The van der Waals surface area contributed by atoms with Gasteiger partial charge in [-0.25, -0.2) is 0 Å². The molecular formula is C13H18N2O4. The van der Waals surface area contributed by atoms with Crippen LogP contribution in [-0.2, 0) is 11.2 Å². The lowest BCUT2D eigenvalue weighted by atomic mass is 10.0. The Hall–Kier alpha value is -1.66. The van der Waals surface area contributed by atoms with Gasteiger partial charge in [0.2, 0.25) is 11.8 Å². The van der Waals surface area contributed by atoms with Crippen LogP contribution in [0.4, 0.5) is 5.82 Å². The van der Waals surface area contributed by atoms with Crippen LogP contribution in [0.15, 0.2) is 12.1 Å². The van der Waals surface area contributed by atoms with E-state index in [9.17, 15) is 9.90 Å². The van der Waals surface area contributed by atoms with E-state index in [-0.39, 0.29) is 12.5 Å². The number of carbonyl (C=O) groups is 1. The Labute approximate surface area is 111 Å². The number of carbonyl (C=O) groups excluding carboxylic acids is 1. The first-order valence-electron chi connectivity index (χ1n) is 6.29. The van der Waals surface area contributed by atoms with E-state index in [4.69, 9.17) is 9.84 Å². The lowest BCUT2D eigenvalue weighted by molar-refractivity contribution is -0.119. The number of fused-ring (bicyclic) bond motifs is 1. The molecule has 0 saturated heterocycles. The van der Waals surface area contributed by atoms with Crippen molar-refractivity contribution in [3.8, 4) is 5.88 Å². The van der Waals surface area contributed by atoms with Crippen LogP contribution in [0.3, 0.4) is 0 Å². The molecule has 0 bridgehead atoms. The third-order valence-corrected chi connectivity index (χ3v) is 3.20. The molecule has 0 spiro atoms. The molecule has 0 radical (unpaired) electrons. The van der Waals surface area contributed by atoms with Gasteiger partial charge in [0.25, 0.3) is 0 Å². The van der Waals surface area contributed by atoms with E-state index in [1.54, 1.807) is 11.0 Å². The molecule has 2 rings (SSSR count). The number of ether oxygens (including phenoxy) is 1. The number of aliphatic hydroxyl groups excluding tert-OH is 2. The second-order valence-electron chi connectivity index (χ2n) is 4.51. The summed E-state index contributed by atoms with van der Waals surface area (Å²) in [6, 6.07) is 3.68. The summed E-state index contributed by atoms with van der Waals surface area (Å²) in [5.41, 5.74) is 0.999. The molecule has 19 heavy (non-hydrogen) atoms. The van der Waals surface area contributed by atoms with E-state index in [1.165, 1.54) is 7.11 Å². The molecule has 1 aliphatic rings. The largest absolute Gasteiger partial charge is 0.481 e. The third kappa shape index (κ3) is 3.02. The van der Waals surface area contributed by atoms with E-state index in [0.29, 0.717) is 37.5 Å². The van der Waals surface area contributed by atoms with Gasteiger partial charge < -0.3 is 14.9 Å².